The van der Waals surface area contributed by atoms with Gasteiger partial charge in [0.25, 0.3) is 5.91 Å². The number of amides is 1. The smallest absolute Gasteiger partial charge is 0.270 e. The highest BCUT2D eigenvalue weighted by molar-refractivity contribution is 5.92. The Labute approximate surface area is 166 Å². The third-order valence-corrected chi connectivity index (χ3v) is 5.15. The van der Waals surface area contributed by atoms with Gasteiger partial charge in [-0.25, -0.2) is 9.97 Å². The summed E-state index contributed by atoms with van der Waals surface area (Å²) in [5.41, 5.74) is 5.13. The van der Waals surface area contributed by atoms with E-state index in [1.807, 2.05) is 6.92 Å². The Bertz CT molecular complexity index is 832. The number of hydrogen-bond acceptors (Lipinski definition) is 6. The van der Waals surface area contributed by atoms with Gasteiger partial charge in [-0.05, 0) is 44.0 Å². The van der Waals surface area contributed by atoms with E-state index in [-0.39, 0.29) is 5.91 Å². The van der Waals surface area contributed by atoms with Crippen LogP contribution in [-0.4, -0.2) is 62.3 Å². The first-order chi connectivity index (χ1) is 13.5. The largest absolute Gasteiger partial charge is 0.383 e. The van der Waals surface area contributed by atoms with E-state index in [1.165, 1.54) is 16.8 Å². The van der Waals surface area contributed by atoms with Crippen LogP contribution in [0.5, 0.6) is 0 Å². The van der Waals surface area contributed by atoms with Gasteiger partial charge >= 0.3 is 0 Å². The molecule has 0 unspecified atom stereocenters. The fraction of sp³-hybridized carbons (Fsp3) is 0.476. The molecule has 0 atom stereocenters. The SMILES string of the molecule is COCCNC(=O)c1cc(C)nc(N2CCN(c3cccc(C)c3C)CC2)n1. The molecule has 0 bridgehead atoms. The van der Waals surface area contributed by atoms with E-state index in [0.29, 0.717) is 24.8 Å². The lowest BCUT2D eigenvalue weighted by atomic mass is 10.1. The molecular formula is C21H29N5O2. The van der Waals surface area contributed by atoms with Gasteiger partial charge in [0.15, 0.2) is 0 Å². The van der Waals surface area contributed by atoms with Gasteiger partial charge in [-0.15, -0.1) is 0 Å². The van der Waals surface area contributed by atoms with Crippen molar-refractivity contribution >= 4 is 17.5 Å². The van der Waals surface area contributed by atoms with Gasteiger partial charge in [-0.2, -0.15) is 0 Å². The topological polar surface area (TPSA) is 70.6 Å². The van der Waals surface area contributed by atoms with E-state index in [2.05, 4.69) is 57.1 Å². The minimum atomic E-state index is -0.196. The number of hydrogen-bond donors (Lipinski definition) is 1. The van der Waals surface area contributed by atoms with Gasteiger partial charge in [0, 0.05) is 51.2 Å². The zero-order valence-electron chi connectivity index (χ0n) is 17.2. The number of aromatic nitrogens is 2. The van der Waals surface area contributed by atoms with Crippen molar-refractivity contribution in [3.63, 3.8) is 0 Å². The summed E-state index contributed by atoms with van der Waals surface area (Å²) >= 11 is 0. The average Bonchev–Trinajstić information content (AvgIpc) is 2.70. The standard InChI is InChI=1S/C21H29N5O2/c1-15-6-5-7-19(17(15)3)25-9-11-26(12-10-25)21-23-16(2)14-18(24-21)20(27)22-8-13-28-4/h5-7,14H,8-13H2,1-4H3,(H,22,27). The molecule has 2 aromatic rings. The van der Waals surface area contributed by atoms with Crippen LogP contribution in [0.4, 0.5) is 11.6 Å². The minimum Gasteiger partial charge on any atom is -0.383 e. The minimum absolute atomic E-state index is 0.196. The molecule has 0 aliphatic carbocycles. The Balaban J connectivity index is 1.68. The molecule has 0 spiro atoms. The molecular weight excluding hydrogens is 354 g/mol. The van der Waals surface area contributed by atoms with Crippen molar-refractivity contribution in [1.82, 2.24) is 15.3 Å². The maximum Gasteiger partial charge on any atom is 0.270 e. The van der Waals surface area contributed by atoms with Crippen molar-refractivity contribution in [2.24, 2.45) is 0 Å². The molecule has 150 valence electrons. The van der Waals surface area contributed by atoms with E-state index in [0.717, 1.165) is 31.9 Å². The normalized spacial score (nSPS) is 14.3. The van der Waals surface area contributed by atoms with Crippen molar-refractivity contribution in [3.05, 3.63) is 46.8 Å². The highest BCUT2D eigenvalue weighted by Crippen LogP contribution is 2.24. The molecule has 1 saturated heterocycles. The van der Waals surface area contributed by atoms with E-state index in [1.54, 1.807) is 13.2 Å². The first-order valence-corrected chi connectivity index (χ1v) is 9.68. The van der Waals surface area contributed by atoms with E-state index >= 15 is 0 Å². The Morgan fingerprint density at radius 2 is 1.82 bits per heavy atom. The van der Waals surface area contributed by atoms with E-state index in [9.17, 15) is 4.79 Å². The lowest BCUT2D eigenvalue weighted by Gasteiger charge is -2.37. The first kappa shape index (κ1) is 20.1. The maximum absolute atomic E-state index is 12.3. The summed E-state index contributed by atoms with van der Waals surface area (Å²) < 4.78 is 4.97. The molecule has 1 amide bonds. The molecule has 2 heterocycles. The quantitative estimate of drug-likeness (QED) is 0.771. The molecule has 1 aromatic carbocycles. The highest BCUT2D eigenvalue weighted by Gasteiger charge is 2.22. The number of nitrogens with one attached hydrogen (secondary N) is 1. The fourth-order valence-electron chi connectivity index (χ4n) is 3.39. The monoisotopic (exact) mass is 383 g/mol. The predicted molar refractivity (Wildman–Crippen MR) is 111 cm³/mol. The Morgan fingerprint density at radius 1 is 1.11 bits per heavy atom. The molecule has 1 N–H and O–H groups in total. The summed E-state index contributed by atoms with van der Waals surface area (Å²) in [6, 6.07) is 8.17. The number of nitrogens with zero attached hydrogens (tertiary/aromatic N) is 4. The lowest BCUT2D eigenvalue weighted by Crippen LogP contribution is -2.47. The molecule has 0 saturated carbocycles. The number of rotatable bonds is 6. The van der Waals surface area contributed by atoms with Crippen molar-refractivity contribution < 1.29 is 9.53 Å². The molecule has 0 radical (unpaired) electrons. The summed E-state index contributed by atoms with van der Waals surface area (Å²) in [5.74, 6) is 0.426. The van der Waals surface area contributed by atoms with Gasteiger partial charge in [-0.1, -0.05) is 12.1 Å². The number of carbonyl (C=O) groups excluding carboxylic acids is 1. The van der Waals surface area contributed by atoms with Gasteiger partial charge in [-0.3, -0.25) is 4.79 Å². The van der Waals surface area contributed by atoms with Crippen LogP contribution in [-0.2, 0) is 4.74 Å². The van der Waals surface area contributed by atoms with Crippen LogP contribution in [0.15, 0.2) is 24.3 Å². The molecule has 28 heavy (non-hydrogen) atoms. The first-order valence-electron chi connectivity index (χ1n) is 9.68. The number of piperazine rings is 1. The molecule has 1 aliphatic heterocycles. The van der Waals surface area contributed by atoms with Crippen LogP contribution in [0.3, 0.4) is 0 Å². The molecule has 3 rings (SSSR count). The summed E-state index contributed by atoms with van der Waals surface area (Å²) in [4.78, 5) is 26.0. The van der Waals surface area contributed by atoms with E-state index < -0.39 is 0 Å². The zero-order chi connectivity index (χ0) is 20.1. The summed E-state index contributed by atoms with van der Waals surface area (Å²) in [6.45, 7) is 10.6. The molecule has 1 aromatic heterocycles. The molecule has 7 nitrogen and oxygen atoms in total. The van der Waals surface area contributed by atoms with Crippen molar-refractivity contribution in [1.29, 1.82) is 0 Å². The van der Waals surface area contributed by atoms with Crippen LogP contribution < -0.4 is 15.1 Å². The van der Waals surface area contributed by atoms with Crippen LogP contribution in [0.25, 0.3) is 0 Å². The third-order valence-electron chi connectivity index (χ3n) is 5.15. The van der Waals surface area contributed by atoms with Crippen LogP contribution >= 0.6 is 0 Å². The summed E-state index contributed by atoms with van der Waals surface area (Å²) in [5, 5.41) is 2.82. The highest BCUT2D eigenvalue weighted by atomic mass is 16.5. The Morgan fingerprint density at radius 3 is 2.54 bits per heavy atom. The fourth-order valence-corrected chi connectivity index (χ4v) is 3.39. The number of carbonyl (C=O) groups is 1. The average molecular weight is 383 g/mol. The van der Waals surface area contributed by atoms with Crippen LogP contribution in [0.1, 0.15) is 27.3 Å². The number of ether oxygens (including phenoxy) is 1. The molecule has 1 fully saturated rings. The molecule has 1 aliphatic rings. The van der Waals surface area contributed by atoms with E-state index in [4.69, 9.17) is 4.74 Å². The van der Waals surface area contributed by atoms with Crippen LogP contribution in [0, 0.1) is 20.8 Å². The third kappa shape index (κ3) is 4.59. The van der Waals surface area contributed by atoms with Gasteiger partial charge < -0.3 is 19.9 Å². The number of anilines is 2. The molecule has 7 heteroatoms. The number of benzene rings is 1. The van der Waals surface area contributed by atoms with Gasteiger partial charge in [0.1, 0.15) is 5.69 Å². The lowest BCUT2D eigenvalue weighted by molar-refractivity contribution is 0.0932. The second-order valence-corrected chi connectivity index (χ2v) is 7.14. The second kappa shape index (κ2) is 9.01. The summed E-state index contributed by atoms with van der Waals surface area (Å²) in [6.07, 6.45) is 0. The van der Waals surface area contributed by atoms with Crippen molar-refractivity contribution in [2.75, 3.05) is 56.2 Å². The number of aryl methyl sites for hydroxylation is 2. The second-order valence-electron chi connectivity index (χ2n) is 7.14. The van der Waals surface area contributed by atoms with Crippen LogP contribution in [0.2, 0.25) is 0 Å². The van der Waals surface area contributed by atoms with Crippen molar-refractivity contribution in [2.45, 2.75) is 20.8 Å². The Hall–Kier alpha value is -2.67. The Kier molecular flexibility index (Phi) is 6.46. The van der Waals surface area contributed by atoms with Crippen molar-refractivity contribution in [3.8, 4) is 0 Å². The predicted octanol–water partition coefficient (Wildman–Crippen LogP) is 2.10. The summed E-state index contributed by atoms with van der Waals surface area (Å²) in [7, 11) is 1.61. The van der Waals surface area contributed by atoms with Gasteiger partial charge in [0.2, 0.25) is 5.95 Å². The van der Waals surface area contributed by atoms with Gasteiger partial charge in [0.05, 0.1) is 6.61 Å². The number of methoxy groups -OCH3 is 1. The zero-order valence-corrected chi connectivity index (χ0v) is 17.2. The maximum atomic E-state index is 12.3.